The lowest BCUT2D eigenvalue weighted by molar-refractivity contribution is -0.139. The van der Waals surface area contributed by atoms with E-state index in [1.54, 1.807) is 0 Å². The van der Waals surface area contributed by atoms with E-state index in [0.717, 1.165) is 12.2 Å². The van der Waals surface area contributed by atoms with Gasteiger partial charge in [0.15, 0.2) is 0 Å². The van der Waals surface area contributed by atoms with Crippen molar-refractivity contribution in [3.63, 3.8) is 0 Å². The van der Waals surface area contributed by atoms with E-state index in [4.69, 9.17) is 9.05 Å². The summed E-state index contributed by atoms with van der Waals surface area (Å²) in [6.07, 6.45) is 2.01. The van der Waals surface area contributed by atoms with Crippen LogP contribution in [0.2, 0.25) is 0 Å². The Bertz CT molecular complexity index is 296. The molecule has 0 fully saturated rings. The molecular formula is C10H15O7P. The average molecular weight is 278 g/mol. The van der Waals surface area contributed by atoms with Crippen LogP contribution in [0.5, 0.6) is 0 Å². The van der Waals surface area contributed by atoms with Crippen molar-refractivity contribution in [2.75, 3.05) is 26.4 Å². The predicted molar refractivity (Wildman–Crippen MR) is 63.2 cm³/mol. The number of hydrogen-bond acceptors (Lipinski definition) is 7. The minimum absolute atomic E-state index is 0.0456. The lowest BCUT2D eigenvalue weighted by Crippen LogP contribution is -2.08. The molecule has 0 radical (unpaired) electrons. The van der Waals surface area contributed by atoms with Crippen LogP contribution in [-0.2, 0) is 32.7 Å². The standard InChI is InChI=1S/C10H15O7P/c1-3-9(11)14-5-7-16-18(13)17-8-6-15-10(12)4-2/h3-4,18H,1-2,5-8H2. The third-order valence-electron chi connectivity index (χ3n) is 1.43. The molecule has 8 heteroatoms. The molecule has 0 aliphatic carbocycles. The molecule has 18 heavy (non-hydrogen) atoms. The van der Waals surface area contributed by atoms with Crippen molar-refractivity contribution in [1.29, 1.82) is 0 Å². The Morgan fingerprint density at radius 2 is 1.28 bits per heavy atom. The fourth-order valence-electron chi connectivity index (χ4n) is 0.694. The lowest BCUT2D eigenvalue weighted by Gasteiger charge is -2.06. The molecule has 0 rings (SSSR count). The van der Waals surface area contributed by atoms with E-state index in [0.29, 0.717) is 0 Å². The Hall–Kier alpha value is -1.43. The van der Waals surface area contributed by atoms with Crippen molar-refractivity contribution in [3.05, 3.63) is 25.3 Å². The van der Waals surface area contributed by atoms with Gasteiger partial charge in [0.1, 0.15) is 13.2 Å². The van der Waals surface area contributed by atoms with Gasteiger partial charge < -0.3 is 18.5 Å². The third-order valence-corrected chi connectivity index (χ3v) is 2.31. The zero-order valence-electron chi connectivity index (χ0n) is 9.76. The Labute approximate surface area is 105 Å². The molecule has 0 amide bonds. The maximum absolute atomic E-state index is 11.1. The summed E-state index contributed by atoms with van der Waals surface area (Å²) in [5, 5.41) is 0. The van der Waals surface area contributed by atoms with Gasteiger partial charge in [-0.05, 0) is 0 Å². The van der Waals surface area contributed by atoms with E-state index in [-0.39, 0.29) is 26.4 Å². The van der Waals surface area contributed by atoms with Crippen LogP contribution >= 0.6 is 8.25 Å². The van der Waals surface area contributed by atoms with E-state index in [1.165, 1.54) is 0 Å². The van der Waals surface area contributed by atoms with Gasteiger partial charge in [-0.1, -0.05) is 13.2 Å². The first kappa shape index (κ1) is 16.6. The van der Waals surface area contributed by atoms with E-state index in [9.17, 15) is 14.2 Å². The van der Waals surface area contributed by atoms with Crippen LogP contribution in [0.3, 0.4) is 0 Å². The summed E-state index contributed by atoms with van der Waals surface area (Å²) in [5.74, 6) is -1.17. The first-order valence-electron chi connectivity index (χ1n) is 4.98. The van der Waals surface area contributed by atoms with Gasteiger partial charge in [-0.2, -0.15) is 0 Å². The molecule has 0 atom stereocenters. The molecule has 0 unspecified atom stereocenters. The van der Waals surface area contributed by atoms with Crippen LogP contribution in [0.4, 0.5) is 0 Å². The molecule has 0 aliphatic rings. The number of hydrogen-bond donors (Lipinski definition) is 0. The van der Waals surface area contributed by atoms with Gasteiger partial charge in [0, 0.05) is 12.2 Å². The summed E-state index contributed by atoms with van der Waals surface area (Å²) < 4.78 is 29.7. The van der Waals surface area contributed by atoms with Crippen molar-refractivity contribution in [1.82, 2.24) is 0 Å². The van der Waals surface area contributed by atoms with Crippen molar-refractivity contribution < 1.29 is 32.7 Å². The lowest BCUT2D eigenvalue weighted by atomic mass is 10.6. The summed E-state index contributed by atoms with van der Waals surface area (Å²) in [6.45, 7) is 6.21. The smallest absolute Gasteiger partial charge is 0.330 e. The number of rotatable bonds is 10. The second-order valence-electron chi connectivity index (χ2n) is 2.69. The van der Waals surface area contributed by atoms with Gasteiger partial charge in [0.2, 0.25) is 0 Å². The van der Waals surface area contributed by atoms with Crippen LogP contribution in [0, 0.1) is 0 Å². The highest BCUT2D eigenvalue weighted by atomic mass is 31.1. The third kappa shape index (κ3) is 9.77. The highest BCUT2D eigenvalue weighted by Gasteiger charge is 2.02. The molecule has 0 heterocycles. The summed E-state index contributed by atoms with van der Waals surface area (Å²) in [6, 6.07) is 0. The van der Waals surface area contributed by atoms with Gasteiger partial charge in [0.05, 0.1) is 13.2 Å². The monoisotopic (exact) mass is 278 g/mol. The molecule has 0 aromatic rings. The van der Waals surface area contributed by atoms with Crippen molar-refractivity contribution >= 4 is 20.2 Å². The fourth-order valence-corrected chi connectivity index (χ4v) is 1.28. The van der Waals surface area contributed by atoms with E-state index >= 15 is 0 Å². The minimum atomic E-state index is -2.68. The Morgan fingerprint density at radius 3 is 1.61 bits per heavy atom. The molecule has 0 aliphatic heterocycles. The average Bonchev–Trinajstić information content (AvgIpc) is 2.38. The molecule has 0 bridgehead atoms. The second-order valence-corrected chi connectivity index (χ2v) is 3.77. The molecule has 0 aromatic carbocycles. The van der Waals surface area contributed by atoms with Gasteiger partial charge in [-0.3, -0.25) is 4.57 Å². The fraction of sp³-hybridized carbons (Fsp3) is 0.400. The number of esters is 2. The molecule has 0 spiro atoms. The summed E-state index contributed by atoms with van der Waals surface area (Å²) in [4.78, 5) is 21.2. The zero-order chi connectivity index (χ0) is 13.8. The summed E-state index contributed by atoms with van der Waals surface area (Å²) >= 11 is 0. The number of carbonyl (C=O) groups excluding carboxylic acids is 2. The van der Waals surface area contributed by atoms with Crippen LogP contribution < -0.4 is 0 Å². The maximum Gasteiger partial charge on any atom is 0.330 e. The van der Waals surface area contributed by atoms with Crippen LogP contribution in [0.15, 0.2) is 25.3 Å². The maximum atomic E-state index is 11.1. The van der Waals surface area contributed by atoms with Crippen LogP contribution in [0.25, 0.3) is 0 Å². The van der Waals surface area contributed by atoms with Crippen molar-refractivity contribution in [2.45, 2.75) is 0 Å². The SMILES string of the molecule is C=CC(=O)OCCO[PH](=O)OCCOC(=O)C=C. The molecule has 0 N–H and O–H groups in total. The number of carbonyl (C=O) groups is 2. The summed E-state index contributed by atoms with van der Waals surface area (Å²) in [5.41, 5.74) is 0. The molecular weight excluding hydrogens is 263 g/mol. The van der Waals surface area contributed by atoms with Crippen molar-refractivity contribution in [2.24, 2.45) is 0 Å². The van der Waals surface area contributed by atoms with Gasteiger partial charge in [0.25, 0.3) is 0 Å². The van der Waals surface area contributed by atoms with Crippen LogP contribution in [0.1, 0.15) is 0 Å². The largest absolute Gasteiger partial charge is 0.460 e. The Balaban J connectivity index is 3.43. The molecule has 102 valence electrons. The second kappa shape index (κ2) is 10.7. The normalized spacial score (nSPS) is 9.83. The first-order valence-corrected chi connectivity index (χ1v) is 6.20. The Morgan fingerprint density at radius 1 is 0.889 bits per heavy atom. The van der Waals surface area contributed by atoms with E-state index in [1.807, 2.05) is 0 Å². The van der Waals surface area contributed by atoms with Crippen LogP contribution in [-0.4, -0.2) is 38.4 Å². The van der Waals surface area contributed by atoms with Gasteiger partial charge in [-0.25, -0.2) is 9.59 Å². The molecule has 7 nitrogen and oxygen atoms in total. The molecule has 0 saturated heterocycles. The predicted octanol–water partition coefficient (Wildman–Crippen LogP) is 0.868. The topological polar surface area (TPSA) is 88.1 Å². The quantitative estimate of drug-likeness (QED) is 0.253. The Kier molecular flexibility index (Phi) is 9.86. The highest BCUT2D eigenvalue weighted by Crippen LogP contribution is 2.22. The van der Waals surface area contributed by atoms with E-state index in [2.05, 4.69) is 22.6 Å². The molecule has 0 aromatic heterocycles. The number of ether oxygens (including phenoxy) is 2. The van der Waals surface area contributed by atoms with Gasteiger partial charge >= 0.3 is 20.2 Å². The van der Waals surface area contributed by atoms with Gasteiger partial charge in [-0.15, -0.1) is 0 Å². The first-order chi connectivity index (χ1) is 8.60. The van der Waals surface area contributed by atoms with E-state index < -0.39 is 20.2 Å². The zero-order valence-corrected chi connectivity index (χ0v) is 10.8. The van der Waals surface area contributed by atoms with Crippen molar-refractivity contribution in [3.8, 4) is 0 Å². The minimum Gasteiger partial charge on any atom is -0.460 e. The molecule has 0 saturated carbocycles. The summed E-state index contributed by atoms with van der Waals surface area (Å²) in [7, 11) is -2.68. The highest BCUT2D eigenvalue weighted by molar-refractivity contribution is 7.33.